The van der Waals surface area contributed by atoms with Crippen molar-refractivity contribution in [1.82, 2.24) is 0 Å². The van der Waals surface area contributed by atoms with Gasteiger partial charge in [-0.05, 0) is 24.0 Å². The molecule has 1 unspecified atom stereocenters. The molecule has 0 fully saturated rings. The van der Waals surface area contributed by atoms with Crippen LogP contribution in [0.4, 0.5) is 5.00 Å². The van der Waals surface area contributed by atoms with Crippen LogP contribution in [0, 0.1) is 0 Å². The SMILES string of the molecule is CC(CCC(=O)Nc1scc2c1c(=O)oc1ccccc12)c1ccccc1. The second kappa shape index (κ2) is 7.37. The Kier molecular flexibility index (Phi) is 4.77. The molecule has 1 amide bonds. The molecule has 0 spiro atoms. The van der Waals surface area contributed by atoms with Crippen LogP contribution in [0.15, 0.2) is 69.2 Å². The summed E-state index contributed by atoms with van der Waals surface area (Å²) in [6, 6.07) is 17.6. The fourth-order valence-corrected chi connectivity index (χ4v) is 4.23. The van der Waals surface area contributed by atoms with E-state index in [1.807, 2.05) is 41.8 Å². The molecule has 5 heteroatoms. The number of hydrogen-bond acceptors (Lipinski definition) is 4. The Bertz CT molecular complexity index is 1160. The Morgan fingerprint density at radius 2 is 1.81 bits per heavy atom. The monoisotopic (exact) mass is 377 g/mol. The van der Waals surface area contributed by atoms with Crippen LogP contribution in [0.1, 0.15) is 31.2 Å². The topological polar surface area (TPSA) is 59.3 Å². The maximum absolute atomic E-state index is 12.4. The zero-order valence-corrected chi connectivity index (χ0v) is 15.7. The van der Waals surface area contributed by atoms with Crippen molar-refractivity contribution in [2.75, 3.05) is 5.32 Å². The molecular formula is C22H19NO3S. The number of para-hydroxylation sites is 1. The number of anilines is 1. The van der Waals surface area contributed by atoms with Gasteiger partial charge in [0.1, 0.15) is 16.0 Å². The fourth-order valence-electron chi connectivity index (χ4n) is 3.26. The Morgan fingerprint density at radius 3 is 2.63 bits per heavy atom. The first-order chi connectivity index (χ1) is 13.1. The fraction of sp³-hybridized carbons (Fsp3) is 0.182. The van der Waals surface area contributed by atoms with E-state index in [0.29, 0.717) is 28.3 Å². The van der Waals surface area contributed by atoms with Crippen LogP contribution in [0.25, 0.3) is 21.7 Å². The molecule has 2 aromatic heterocycles. The molecule has 1 N–H and O–H groups in total. The third-order valence-electron chi connectivity index (χ3n) is 4.80. The molecular weight excluding hydrogens is 358 g/mol. The highest BCUT2D eigenvalue weighted by Gasteiger charge is 2.16. The Balaban J connectivity index is 1.53. The summed E-state index contributed by atoms with van der Waals surface area (Å²) in [6.45, 7) is 2.11. The van der Waals surface area contributed by atoms with Crippen molar-refractivity contribution in [3.63, 3.8) is 0 Å². The van der Waals surface area contributed by atoms with Gasteiger partial charge >= 0.3 is 5.63 Å². The Morgan fingerprint density at radius 1 is 1.07 bits per heavy atom. The van der Waals surface area contributed by atoms with Gasteiger partial charge in [-0.15, -0.1) is 11.3 Å². The van der Waals surface area contributed by atoms with Crippen molar-refractivity contribution in [2.24, 2.45) is 0 Å². The smallest absolute Gasteiger partial charge is 0.347 e. The van der Waals surface area contributed by atoms with Gasteiger partial charge in [0.05, 0.1) is 0 Å². The van der Waals surface area contributed by atoms with E-state index in [1.54, 1.807) is 6.07 Å². The van der Waals surface area contributed by atoms with Crippen molar-refractivity contribution >= 4 is 44.0 Å². The summed E-state index contributed by atoms with van der Waals surface area (Å²) < 4.78 is 5.41. The number of rotatable bonds is 5. The summed E-state index contributed by atoms with van der Waals surface area (Å²) >= 11 is 1.36. The molecule has 4 aromatic rings. The van der Waals surface area contributed by atoms with Crippen LogP contribution in [-0.2, 0) is 4.79 Å². The highest BCUT2D eigenvalue weighted by molar-refractivity contribution is 7.16. The van der Waals surface area contributed by atoms with E-state index in [-0.39, 0.29) is 5.91 Å². The highest BCUT2D eigenvalue weighted by atomic mass is 32.1. The highest BCUT2D eigenvalue weighted by Crippen LogP contribution is 2.33. The van der Waals surface area contributed by atoms with Gasteiger partial charge in [0.25, 0.3) is 0 Å². The standard InChI is InChI=1S/C22H19NO3S/c1-14(15-7-3-2-4-8-15)11-12-19(24)23-21-20-17(13-27-21)16-9-5-6-10-18(16)26-22(20)25/h2-10,13-14H,11-12H2,1H3,(H,23,24). The number of thiophene rings is 1. The van der Waals surface area contributed by atoms with E-state index < -0.39 is 5.63 Å². The lowest BCUT2D eigenvalue weighted by molar-refractivity contribution is -0.116. The molecule has 0 saturated heterocycles. The van der Waals surface area contributed by atoms with Crippen LogP contribution < -0.4 is 10.9 Å². The quantitative estimate of drug-likeness (QED) is 0.465. The van der Waals surface area contributed by atoms with Crippen molar-refractivity contribution in [3.05, 3.63) is 76.0 Å². The predicted molar refractivity (Wildman–Crippen MR) is 111 cm³/mol. The lowest BCUT2D eigenvalue weighted by Crippen LogP contribution is -2.13. The van der Waals surface area contributed by atoms with Gasteiger partial charge in [-0.3, -0.25) is 4.79 Å². The summed E-state index contributed by atoms with van der Waals surface area (Å²) in [5.41, 5.74) is 1.36. The van der Waals surface area contributed by atoms with Crippen molar-refractivity contribution in [3.8, 4) is 0 Å². The zero-order valence-electron chi connectivity index (χ0n) is 14.9. The second-order valence-electron chi connectivity index (χ2n) is 6.64. The number of carbonyl (C=O) groups is 1. The van der Waals surface area contributed by atoms with Gasteiger partial charge in [-0.25, -0.2) is 4.79 Å². The summed E-state index contributed by atoms with van der Waals surface area (Å²) in [5, 5.41) is 7.50. The number of benzene rings is 2. The van der Waals surface area contributed by atoms with Gasteiger partial charge < -0.3 is 9.73 Å². The second-order valence-corrected chi connectivity index (χ2v) is 7.52. The number of carbonyl (C=O) groups excluding carboxylic acids is 1. The van der Waals surface area contributed by atoms with Crippen LogP contribution in [0.5, 0.6) is 0 Å². The third-order valence-corrected chi connectivity index (χ3v) is 5.70. The van der Waals surface area contributed by atoms with E-state index in [0.717, 1.165) is 17.2 Å². The van der Waals surface area contributed by atoms with Gasteiger partial charge in [0.2, 0.25) is 5.91 Å². The van der Waals surface area contributed by atoms with Crippen LogP contribution in [0.3, 0.4) is 0 Å². The molecule has 2 heterocycles. The maximum atomic E-state index is 12.4. The first kappa shape index (κ1) is 17.5. The molecule has 0 aliphatic carbocycles. The molecule has 1 atom stereocenters. The van der Waals surface area contributed by atoms with Crippen LogP contribution in [-0.4, -0.2) is 5.91 Å². The van der Waals surface area contributed by atoms with Crippen molar-refractivity contribution in [2.45, 2.75) is 25.7 Å². The molecule has 2 aromatic carbocycles. The molecule has 0 bridgehead atoms. The summed E-state index contributed by atoms with van der Waals surface area (Å²) in [5.74, 6) is 0.208. The minimum absolute atomic E-state index is 0.0888. The van der Waals surface area contributed by atoms with Crippen molar-refractivity contribution in [1.29, 1.82) is 0 Å². The van der Waals surface area contributed by atoms with E-state index in [4.69, 9.17) is 4.42 Å². The average Bonchev–Trinajstić information content (AvgIpc) is 3.11. The summed E-state index contributed by atoms with van der Waals surface area (Å²) in [6.07, 6.45) is 1.14. The number of amides is 1. The third kappa shape index (κ3) is 3.51. The molecule has 0 aliphatic rings. The summed E-state index contributed by atoms with van der Waals surface area (Å²) in [7, 11) is 0. The lowest BCUT2D eigenvalue weighted by atomic mass is 9.96. The molecule has 4 rings (SSSR count). The molecule has 27 heavy (non-hydrogen) atoms. The first-order valence-corrected chi connectivity index (χ1v) is 9.79. The summed E-state index contributed by atoms with van der Waals surface area (Å²) in [4.78, 5) is 24.8. The van der Waals surface area contributed by atoms with E-state index >= 15 is 0 Å². The normalized spacial score (nSPS) is 12.3. The zero-order chi connectivity index (χ0) is 18.8. The minimum atomic E-state index is -0.419. The molecule has 0 aliphatic heterocycles. The lowest BCUT2D eigenvalue weighted by Gasteiger charge is -2.11. The molecule has 136 valence electrons. The minimum Gasteiger partial charge on any atom is -0.422 e. The molecule has 0 saturated carbocycles. The van der Waals surface area contributed by atoms with Crippen molar-refractivity contribution < 1.29 is 9.21 Å². The average molecular weight is 377 g/mol. The van der Waals surface area contributed by atoms with Crippen LogP contribution >= 0.6 is 11.3 Å². The van der Waals surface area contributed by atoms with E-state index in [9.17, 15) is 9.59 Å². The van der Waals surface area contributed by atoms with Gasteiger partial charge in [-0.2, -0.15) is 0 Å². The molecule has 4 nitrogen and oxygen atoms in total. The predicted octanol–water partition coefficient (Wildman–Crippen LogP) is 5.53. The van der Waals surface area contributed by atoms with E-state index in [2.05, 4.69) is 24.4 Å². The number of hydrogen-bond donors (Lipinski definition) is 1. The van der Waals surface area contributed by atoms with Gasteiger partial charge in [0, 0.05) is 22.6 Å². The molecule has 0 radical (unpaired) electrons. The Labute approximate surface area is 160 Å². The van der Waals surface area contributed by atoms with Crippen LogP contribution in [0.2, 0.25) is 0 Å². The van der Waals surface area contributed by atoms with E-state index in [1.165, 1.54) is 16.9 Å². The first-order valence-electron chi connectivity index (χ1n) is 8.91. The van der Waals surface area contributed by atoms with Gasteiger partial charge in [-0.1, -0.05) is 55.5 Å². The maximum Gasteiger partial charge on any atom is 0.347 e. The largest absolute Gasteiger partial charge is 0.422 e. The van der Waals surface area contributed by atoms with Gasteiger partial charge in [0.15, 0.2) is 0 Å². The number of fused-ring (bicyclic) bond motifs is 3. The number of nitrogens with one attached hydrogen (secondary N) is 1. The Hall–Kier alpha value is -2.92.